The molecule has 0 fully saturated rings. The van der Waals surface area contributed by atoms with Gasteiger partial charge in [0.2, 0.25) is 0 Å². The molecule has 1 N–H and O–H groups in total. The van der Waals surface area contributed by atoms with Gasteiger partial charge in [0.05, 0.1) is 22.8 Å². The highest BCUT2D eigenvalue weighted by Crippen LogP contribution is 2.37. The fourth-order valence-electron chi connectivity index (χ4n) is 3.01. The van der Waals surface area contributed by atoms with Crippen LogP contribution in [-0.2, 0) is 6.54 Å². The lowest BCUT2D eigenvalue weighted by atomic mass is 10.1. The van der Waals surface area contributed by atoms with E-state index < -0.39 is 0 Å². The van der Waals surface area contributed by atoms with Crippen molar-refractivity contribution in [2.45, 2.75) is 13.5 Å². The number of hydrogen-bond donors (Lipinski definition) is 1. The lowest BCUT2D eigenvalue weighted by Crippen LogP contribution is -2.23. The normalized spacial score (nSPS) is 13.0. The van der Waals surface area contributed by atoms with Crippen molar-refractivity contribution >= 4 is 57.7 Å². The fraction of sp³-hybridized carbons (Fsp3) is 0.105. The van der Waals surface area contributed by atoms with E-state index in [1.54, 1.807) is 46.8 Å². The van der Waals surface area contributed by atoms with Crippen molar-refractivity contribution in [3.63, 3.8) is 0 Å². The quantitative estimate of drug-likeness (QED) is 0.638. The highest BCUT2D eigenvalue weighted by Gasteiger charge is 2.31. The highest BCUT2D eigenvalue weighted by molar-refractivity contribution is 7.09. The number of fused-ring (bicyclic) bond motifs is 1. The third-order valence-corrected chi connectivity index (χ3v) is 5.78. The molecule has 2 aromatic carbocycles. The molecule has 0 saturated heterocycles. The Labute approximate surface area is 169 Å². The molecular formula is C19H13Cl2N3O2S. The first-order valence-electron chi connectivity index (χ1n) is 8.06. The van der Waals surface area contributed by atoms with Crippen LogP contribution in [0.25, 0.3) is 0 Å². The van der Waals surface area contributed by atoms with Gasteiger partial charge in [0.1, 0.15) is 5.69 Å². The Balaban J connectivity index is 1.58. The zero-order chi connectivity index (χ0) is 19.1. The molecule has 1 aliphatic heterocycles. The van der Waals surface area contributed by atoms with Gasteiger partial charge in [-0.15, -0.1) is 11.3 Å². The molecule has 0 unspecified atom stereocenters. The molecule has 0 aliphatic carbocycles. The number of hydrogen-bond acceptors (Lipinski definition) is 4. The van der Waals surface area contributed by atoms with Crippen molar-refractivity contribution in [1.29, 1.82) is 0 Å². The molecule has 0 bridgehead atoms. The van der Waals surface area contributed by atoms with Crippen molar-refractivity contribution in [3.05, 3.63) is 73.7 Å². The molecule has 0 radical (unpaired) electrons. The number of carbonyl (C=O) groups excluding carboxylic acids is 2. The Morgan fingerprint density at radius 1 is 1.22 bits per heavy atom. The van der Waals surface area contributed by atoms with Crippen LogP contribution in [0.15, 0.2) is 41.9 Å². The van der Waals surface area contributed by atoms with Gasteiger partial charge in [0.15, 0.2) is 0 Å². The van der Waals surface area contributed by atoms with Crippen LogP contribution in [0.5, 0.6) is 0 Å². The lowest BCUT2D eigenvalue weighted by Gasteiger charge is -2.18. The Morgan fingerprint density at radius 3 is 2.70 bits per heavy atom. The molecule has 8 heteroatoms. The first kappa shape index (κ1) is 18.0. The van der Waals surface area contributed by atoms with Crippen molar-refractivity contribution in [2.24, 2.45) is 0 Å². The van der Waals surface area contributed by atoms with Crippen molar-refractivity contribution in [3.8, 4) is 0 Å². The molecule has 1 aliphatic rings. The third-order valence-electron chi connectivity index (χ3n) is 4.37. The van der Waals surface area contributed by atoms with Gasteiger partial charge in [0, 0.05) is 26.7 Å². The molecule has 136 valence electrons. The first-order valence-corrected chi connectivity index (χ1v) is 9.69. The summed E-state index contributed by atoms with van der Waals surface area (Å²) in [6.45, 7) is 2.20. The Morgan fingerprint density at radius 2 is 2.04 bits per heavy atom. The standard InChI is InChI=1S/C19H13Cl2N3O2S/c1-10-17(22-9-27-10)18(25)23-11-5-6-16(15(21)7-11)24-8-13-12(19(24)26)3-2-4-14(13)20/h2-7,9H,8H2,1H3,(H,23,25). The van der Waals surface area contributed by atoms with Crippen LogP contribution in [0.3, 0.4) is 0 Å². The van der Waals surface area contributed by atoms with Crippen LogP contribution in [0.2, 0.25) is 10.0 Å². The van der Waals surface area contributed by atoms with Gasteiger partial charge >= 0.3 is 0 Å². The minimum absolute atomic E-state index is 0.149. The van der Waals surface area contributed by atoms with Gasteiger partial charge in [-0.05, 0) is 37.3 Å². The molecule has 3 aromatic rings. The number of aromatic nitrogens is 1. The van der Waals surface area contributed by atoms with Crippen molar-refractivity contribution in [2.75, 3.05) is 10.2 Å². The number of anilines is 2. The second-order valence-corrected chi connectivity index (χ2v) is 7.91. The first-order chi connectivity index (χ1) is 13.0. The monoisotopic (exact) mass is 417 g/mol. The zero-order valence-corrected chi connectivity index (χ0v) is 16.5. The largest absolute Gasteiger partial charge is 0.321 e. The molecule has 0 saturated carbocycles. The zero-order valence-electron chi connectivity index (χ0n) is 14.1. The number of benzene rings is 2. The fourth-order valence-corrected chi connectivity index (χ4v) is 4.10. The van der Waals surface area contributed by atoms with E-state index in [4.69, 9.17) is 23.2 Å². The van der Waals surface area contributed by atoms with E-state index in [1.807, 2.05) is 6.92 Å². The summed E-state index contributed by atoms with van der Waals surface area (Å²) in [6.07, 6.45) is 0. The number of thiazole rings is 1. The molecule has 27 heavy (non-hydrogen) atoms. The second kappa shape index (κ2) is 6.96. The molecule has 1 aromatic heterocycles. The van der Waals surface area contributed by atoms with Gasteiger partial charge < -0.3 is 10.2 Å². The predicted octanol–water partition coefficient (Wildman–Crippen LogP) is 5.17. The Kier molecular flexibility index (Phi) is 4.63. The molecule has 2 amide bonds. The minimum atomic E-state index is -0.297. The van der Waals surface area contributed by atoms with E-state index in [9.17, 15) is 9.59 Å². The summed E-state index contributed by atoms with van der Waals surface area (Å²) in [4.78, 5) is 31.5. The summed E-state index contributed by atoms with van der Waals surface area (Å²) in [7, 11) is 0. The molecule has 4 rings (SSSR count). The van der Waals surface area contributed by atoms with Crippen molar-refractivity contribution in [1.82, 2.24) is 4.98 Å². The average Bonchev–Trinajstić information content (AvgIpc) is 3.20. The lowest BCUT2D eigenvalue weighted by molar-refractivity contribution is 0.0993. The van der Waals surface area contributed by atoms with Crippen LogP contribution < -0.4 is 10.2 Å². The van der Waals surface area contributed by atoms with E-state index in [2.05, 4.69) is 10.3 Å². The second-order valence-electron chi connectivity index (χ2n) is 6.03. The number of nitrogens with zero attached hydrogens (tertiary/aromatic N) is 2. The number of nitrogens with one attached hydrogen (secondary N) is 1. The Hall–Kier alpha value is -2.41. The molecule has 0 atom stereocenters. The molecule has 5 nitrogen and oxygen atoms in total. The third kappa shape index (κ3) is 3.20. The molecule has 0 spiro atoms. The SMILES string of the molecule is Cc1scnc1C(=O)Nc1ccc(N2Cc3c(Cl)cccc3C2=O)c(Cl)c1. The van der Waals surface area contributed by atoms with Gasteiger partial charge in [-0.2, -0.15) is 0 Å². The maximum atomic E-state index is 12.7. The van der Waals surface area contributed by atoms with Crippen LogP contribution in [0.1, 0.15) is 31.3 Å². The van der Waals surface area contributed by atoms with Crippen LogP contribution in [0.4, 0.5) is 11.4 Å². The number of halogens is 2. The average molecular weight is 418 g/mol. The number of carbonyl (C=O) groups is 2. The van der Waals surface area contributed by atoms with Gasteiger partial charge in [0.25, 0.3) is 11.8 Å². The van der Waals surface area contributed by atoms with E-state index in [-0.39, 0.29) is 11.8 Å². The molecular weight excluding hydrogens is 405 g/mol. The van der Waals surface area contributed by atoms with Crippen molar-refractivity contribution < 1.29 is 9.59 Å². The van der Waals surface area contributed by atoms with E-state index in [0.29, 0.717) is 39.2 Å². The topological polar surface area (TPSA) is 62.3 Å². The van der Waals surface area contributed by atoms with Crippen LogP contribution >= 0.6 is 34.5 Å². The van der Waals surface area contributed by atoms with Gasteiger partial charge in [-0.3, -0.25) is 9.59 Å². The number of rotatable bonds is 3. The summed E-state index contributed by atoms with van der Waals surface area (Å²) < 4.78 is 0. The summed E-state index contributed by atoms with van der Waals surface area (Å²) in [5.41, 5.74) is 4.48. The Bertz CT molecular complexity index is 1080. The van der Waals surface area contributed by atoms with E-state index in [1.165, 1.54) is 11.3 Å². The van der Waals surface area contributed by atoms with Gasteiger partial charge in [-0.25, -0.2) is 4.98 Å². The summed E-state index contributed by atoms with van der Waals surface area (Å²) >= 11 is 14.0. The number of amides is 2. The summed E-state index contributed by atoms with van der Waals surface area (Å²) in [6, 6.07) is 10.3. The maximum absolute atomic E-state index is 12.7. The predicted molar refractivity (Wildman–Crippen MR) is 108 cm³/mol. The molecule has 2 heterocycles. The van der Waals surface area contributed by atoms with E-state index in [0.717, 1.165) is 10.4 Å². The maximum Gasteiger partial charge on any atom is 0.275 e. The summed E-state index contributed by atoms with van der Waals surface area (Å²) in [5.74, 6) is -0.446. The smallest absolute Gasteiger partial charge is 0.275 e. The summed E-state index contributed by atoms with van der Waals surface area (Å²) in [5, 5.41) is 3.70. The van der Waals surface area contributed by atoms with E-state index >= 15 is 0 Å². The van der Waals surface area contributed by atoms with Crippen LogP contribution in [-0.4, -0.2) is 16.8 Å². The number of aryl methyl sites for hydroxylation is 1. The van der Waals surface area contributed by atoms with Crippen LogP contribution in [0, 0.1) is 6.92 Å². The van der Waals surface area contributed by atoms with Gasteiger partial charge in [-0.1, -0.05) is 29.3 Å². The highest BCUT2D eigenvalue weighted by atomic mass is 35.5. The minimum Gasteiger partial charge on any atom is -0.321 e.